The van der Waals surface area contributed by atoms with Crippen LogP contribution in [-0.2, 0) is 9.53 Å². The first-order valence-electron chi connectivity index (χ1n) is 7.59. The maximum absolute atomic E-state index is 12.1. The van der Waals surface area contributed by atoms with E-state index < -0.39 is 34.5 Å². The van der Waals surface area contributed by atoms with Crippen molar-refractivity contribution >= 4 is 35.1 Å². The number of ether oxygens (including phenoxy) is 1. The molecule has 0 unspecified atom stereocenters. The number of carbonyl (C=O) groups excluding carboxylic acids is 3. The second-order valence-corrected chi connectivity index (χ2v) is 5.71. The molecule has 2 rings (SSSR count). The van der Waals surface area contributed by atoms with Gasteiger partial charge in [-0.05, 0) is 31.2 Å². The van der Waals surface area contributed by atoms with Gasteiger partial charge < -0.3 is 4.74 Å². The predicted molar refractivity (Wildman–Crippen MR) is 95.0 cm³/mol. The van der Waals surface area contributed by atoms with Gasteiger partial charge in [0, 0.05) is 16.7 Å². The molecule has 2 N–H and O–H groups in total. The molecule has 10 heteroatoms. The maximum Gasteiger partial charge on any atom is 0.346 e. The van der Waals surface area contributed by atoms with Gasteiger partial charge in [0.05, 0.1) is 4.92 Å². The Hall–Kier alpha value is -3.46. The molecule has 2 amide bonds. The van der Waals surface area contributed by atoms with Crippen molar-refractivity contribution in [2.45, 2.75) is 13.0 Å². The van der Waals surface area contributed by atoms with Gasteiger partial charge in [0.2, 0.25) is 0 Å². The van der Waals surface area contributed by atoms with Crippen LogP contribution in [0.25, 0.3) is 0 Å². The normalized spacial score (nSPS) is 11.2. The van der Waals surface area contributed by atoms with E-state index in [9.17, 15) is 24.5 Å². The highest BCUT2D eigenvalue weighted by Crippen LogP contribution is 2.23. The summed E-state index contributed by atoms with van der Waals surface area (Å²) in [6, 6.07) is 11.5. The van der Waals surface area contributed by atoms with Crippen LogP contribution < -0.4 is 10.9 Å². The Morgan fingerprint density at radius 3 is 2.41 bits per heavy atom. The molecule has 0 aliphatic rings. The average molecular weight is 392 g/mol. The smallest absolute Gasteiger partial charge is 0.346 e. The van der Waals surface area contributed by atoms with E-state index in [-0.39, 0.29) is 10.6 Å². The first-order valence-corrected chi connectivity index (χ1v) is 7.97. The lowest BCUT2D eigenvalue weighted by Gasteiger charge is -2.14. The lowest BCUT2D eigenvalue weighted by atomic mass is 10.2. The molecule has 27 heavy (non-hydrogen) atoms. The summed E-state index contributed by atoms with van der Waals surface area (Å²) in [4.78, 5) is 46.2. The molecule has 0 saturated carbocycles. The van der Waals surface area contributed by atoms with Crippen molar-refractivity contribution in [1.82, 2.24) is 10.9 Å². The predicted octanol–water partition coefficient (Wildman–Crippen LogP) is 2.25. The molecule has 2 aromatic rings. The summed E-state index contributed by atoms with van der Waals surface area (Å²) < 4.78 is 4.92. The monoisotopic (exact) mass is 391 g/mol. The summed E-state index contributed by atoms with van der Waals surface area (Å²) in [5.41, 5.74) is 3.71. The van der Waals surface area contributed by atoms with Gasteiger partial charge in [0.15, 0.2) is 6.10 Å². The van der Waals surface area contributed by atoms with Crippen LogP contribution in [0.4, 0.5) is 5.69 Å². The van der Waals surface area contributed by atoms with Crippen molar-refractivity contribution in [3.8, 4) is 0 Å². The third-order valence-corrected chi connectivity index (χ3v) is 3.60. The fourth-order valence-electron chi connectivity index (χ4n) is 1.99. The summed E-state index contributed by atoms with van der Waals surface area (Å²) in [6.07, 6.45) is -1.33. The number of hydrogen-bond acceptors (Lipinski definition) is 6. The molecule has 0 spiro atoms. The van der Waals surface area contributed by atoms with E-state index in [1.54, 1.807) is 30.3 Å². The van der Waals surface area contributed by atoms with E-state index in [1.165, 1.54) is 13.0 Å². The number of hydrazine groups is 1. The Bertz CT molecular complexity index is 887. The lowest BCUT2D eigenvalue weighted by Crippen LogP contribution is -2.46. The van der Waals surface area contributed by atoms with E-state index in [4.69, 9.17) is 16.3 Å². The van der Waals surface area contributed by atoms with Crippen LogP contribution in [0.1, 0.15) is 27.6 Å². The van der Waals surface area contributed by atoms with E-state index >= 15 is 0 Å². The molecule has 2 aromatic carbocycles. The van der Waals surface area contributed by atoms with Gasteiger partial charge in [-0.15, -0.1) is 0 Å². The first kappa shape index (κ1) is 19.9. The Labute approximate surface area is 158 Å². The quantitative estimate of drug-likeness (QED) is 0.457. The van der Waals surface area contributed by atoms with Gasteiger partial charge in [-0.1, -0.05) is 29.8 Å². The molecule has 0 radical (unpaired) electrons. The van der Waals surface area contributed by atoms with Gasteiger partial charge in [0.25, 0.3) is 17.5 Å². The van der Waals surface area contributed by atoms with Gasteiger partial charge in [-0.3, -0.25) is 30.6 Å². The van der Waals surface area contributed by atoms with Gasteiger partial charge in [-0.25, -0.2) is 4.79 Å². The van der Waals surface area contributed by atoms with E-state index in [0.717, 1.165) is 12.1 Å². The Morgan fingerprint density at radius 2 is 1.78 bits per heavy atom. The van der Waals surface area contributed by atoms with E-state index in [2.05, 4.69) is 10.9 Å². The topological polar surface area (TPSA) is 128 Å². The number of hydrogen-bond donors (Lipinski definition) is 2. The second-order valence-electron chi connectivity index (χ2n) is 5.28. The highest BCUT2D eigenvalue weighted by molar-refractivity contribution is 6.31. The fourth-order valence-corrected chi connectivity index (χ4v) is 2.16. The molecule has 0 fully saturated rings. The number of nitrogens with zero attached hydrogens (tertiary/aromatic N) is 1. The largest absolute Gasteiger partial charge is 0.449 e. The summed E-state index contributed by atoms with van der Waals surface area (Å²) >= 11 is 5.75. The third kappa shape index (κ3) is 5.25. The highest BCUT2D eigenvalue weighted by Gasteiger charge is 2.26. The van der Waals surface area contributed by atoms with Crippen molar-refractivity contribution < 1.29 is 24.0 Å². The molecule has 0 bridgehead atoms. The third-order valence-electron chi connectivity index (χ3n) is 3.36. The highest BCUT2D eigenvalue weighted by atomic mass is 35.5. The number of benzene rings is 2. The molecule has 0 heterocycles. The van der Waals surface area contributed by atoms with Crippen LogP contribution in [0.2, 0.25) is 5.02 Å². The van der Waals surface area contributed by atoms with Gasteiger partial charge >= 0.3 is 5.97 Å². The second kappa shape index (κ2) is 8.77. The SMILES string of the molecule is C[C@H](OC(=O)c1cc(Cl)ccc1[N+](=O)[O-])C(=O)NNC(=O)c1ccccc1. The molecule has 9 nitrogen and oxygen atoms in total. The summed E-state index contributed by atoms with van der Waals surface area (Å²) in [5, 5.41) is 11.1. The minimum atomic E-state index is -1.33. The number of amides is 2. The zero-order valence-corrected chi connectivity index (χ0v) is 14.7. The number of esters is 1. The van der Waals surface area contributed by atoms with Crippen LogP contribution in [-0.4, -0.2) is 28.8 Å². The van der Waals surface area contributed by atoms with Crippen molar-refractivity contribution in [2.75, 3.05) is 0 Å². The van der Waals surface area contributed by atoms with Gasteiger partial charge in [-0.2, -0.15) is 0 Å². The van der Waals surface area contributed by atoms with Crippen molar-refractivity contribution in [1.29, 1.82) is 0 Å². The van der Waals surface area contributed by atoms with Crippen molar-refractivity contribution in [3.63, 3.8) is 0 Å². The Balaban J connectivity index is 1.98. The van der Waals surface area contributed by atoms with Crippen molar-refractivity contribution in [3.05, 3.63) is 74.8 Å². The maximum atomic E-state index is 12.1. The standard InChI is InChI=1S/C17H14ClN3O6/c1-10(15(22)19-20-16(23)11-5-3-2-4-6-11)27-17(24)13-9-12(18)7-8-14(13)21(25)26/h2-10H,1H3,(H,19,22)(H,20,23)/t10-/m0/s1. The van der Waals surface area contributed by atoms with Crippen LogP contribution in [0.15, 0.2) is 48.5 Å². The van der Waals surface area contributed by atoms with E-state index in [0.29, 0.717) is 5.56 Å². The van der Waals surface area contributed by atoms with Crippen LogP contribution in [0.3, 0.4) is 0 Å². The number of halogens is 1. The average Bonchev–Trinajstić information content (AvgIpc) is 2.65. The molecular formula is C17H14ClN3O6. The molecule has 0 aliphatic carbocycles. The summed E-state index contributed by atoms with van der Waals surface area (Å²) in [6.45, 7) is 1.25. The first-order chi connectivity index (χ1) is 12.8. The number of nitro benzene ring substituents is 1. The van der Waals surface area contributed by atoms with Crippen LogP contribution in [0.5, 0.6) is 0 Å². The molecular weight excluding hydrogens is 378 g/mol. The van der Waals surface area contributed by atoms with Crippen LogP contribution in [0, 0.1) is 10.1 Å². The number of nitrogens with one attached hydrogen (secondary N) is 2. The molecule has 0 aliphatic heterocycles. The summed E-state index contributed by atoms with van der Waals surface area (Å²) in [5.74, 6) is -2.48. The molecule has 140 valence electrons. The molecule has 1 atom stereocenters. The Kier molecular flexibility index (Phi) is 6.45. The zero-order valence-electron chi connectivity index (χ0n) is 14.0. The van der Waals surface area contributed by atoms with Crippen LogP contribution >= 0.6 is 11.6 Å². The lowest BCUT2D eigenvalue weighted by molar-refractivity contribution is -0.385. The zero-order chi connectivity index (χ0) is 20.0. The molecule has 0 saturated heterocycles. The number of nitro groups is 1. The van der Waals surface area contributed by atoms with E-state index in [1.807, 2.05) is 0 Å². The van der Waals surface area contributed by atoms with Crippen molar-refractivity contribution in [2.24, 2.45) is 0 Å². The molecule has 0 aromatic heterocycles. The van der Waals surface area contributed by atoms with Gasteiger partial charge in [0.1, 0.15) is 5.56 Å². The number of rotatable bonds is 5. The Morgan fingerprint density at radius 1 is 1.11 bits per heavy atom. The fraction of sp³-hybridized carbons (Fsp3) is 0.118. The number of carbonyl (C=O) groups is 3. The minimum absolute atomic E-state index is 0.0970. The summed E-state index contributed by atoms with van der Waals surface area (Å²) in [7, 11) is 0. The minimum Gasteiger partial charge on any atom is -0.449 e.